The average molecular weight is 382 g/mol. The first kappa shape index (κ1) is 14.7. The van der Waals surface area contributed by atoms with Gasteiger partial charge in [0.05, 0.1) is 16.3 Å². The summed E-state index contributed by atoms with van der Waals surface area (Å²) in [6.07, 6.45) is -0.000960. The van der Waals surface area contributed by atoms with E-state index in [1.165, 1.54) is 10.8 Å². The smallest absolute Gasteiger partial charge is 0.352 e. The fourth-order valence-corrected chi connectivity index (χ4v) is 2.49. The van der Waals surface area contributed by atoms with Crippen LogP contribution in [0.5, 0.6) is 0 Å². The molecule has 0 spiro atoms. The molecule has 1 aromatic heterocycles. The summed E-state index contributed by atoms with van der Waals surface area (Å²) < 4.78 is 7.42. The Bertz CT molecular complexity index is 537. The van der Waals surface area contributed by atoms with Crippen molar-refractivity contribution in [2.24, 2.45) is 0 Å². The van der Waals surface area contributed by atoms with Crippen molar-refractivity contribution in [3.63, 3.8) is 0 Å². The van der Waals surface area contributed by atoms with Gasteiger partial charge in [0.2, 0.25) is 5.85 Å². The first-order valence-electron chi connectivity index (χ1n) is 5.64. The van der Waals surface area contributed by atoms with Gasteiger partial charge in [0.15, 0.2) is 0 Å². The van der Waals surface area contributed by atoms with Gasteiger partial charge in [0.1, 0.15) is 11.9 Å². The number of aliphatic hydroxyl groups is 2. The molecule has 19 heavy (non-hydrogen) atoms. The summed E-state index contributed by atoms with van der Waals surface area (Å²) in [5.74, 6) is -1.09. The van der Waals surface area contributed by atoms with Crippen LogP contribution in [0.15, 0.2) is 11.0 Å². The molecular weight excluding hydrogens is 367 g/mol. The molecule has 0 saturated carbocycles. The van der Waals surface area contributed by atoms with Crippen LogP contribution in [0.1, 0.15) is 6.42 Å². The molecule has 0 aliphatic carbocycles. The number of nitrogens with one attached hydrogen (secondary N) is 1. The molecule has 106 valence electrons. The predicted octanol–water partition coefficient (Wildman–Crippen LogP) is -1.60. The highest BCUT2D eigenvalue weighted by Crippen LogP contribution is 2.32. The minimum absolute atomic E-state index is 0.121. The second-order valence-electron chi connectivity index (χ2n) is 4.27. The quantitative estimate of drug-likeness (QED) is 0.465. The van der Waals surface area contributed by atoms with E-state index in [-0.39, 0.29) is 18.8 Å². The molecule has 1 aliphatic heterocycles. The molecule has 2 heterocycles. The van der Waals surface area contributed by atoms with Gasteiger partial charge in [0, 0.05) is 12.6 Å². The zero-order valence-corrected chi connectivity index (χ0v) is 12.4. The molecule has 0 radical (unpaired) electrons. The van der Waals surface area contributed by atoms with Crippen molar-refractivity contribution in [3.8, 4) is 0 Å². The van der Waals surface area contributed by atoms with Crippen LogP contribution in [-0.4, -0.2) is 45.6 Å². The summed E-state index contributed by atoms with van der Waals surface area (Å²) in [5.41, 5.74) is 4.99. The molecule has 8 nitrogen and oxygen atoms in total. The summed E-state index contributed by atoms with van der Waals surface area (Å²) in [6, 6.07) is 0. The van der Waals surface area contributed by atoms with Crippen molar-refractivity contribution in [2.45, 2.75) is 24.5 Å². The van der Waals surface area contributed by atoms with E-state index in [9.17, 15) is 9.90 Å². The van der Waals surface area contributed by atoms with Crippen molar-refractivity contribution >= 4 is 28.4 Å². The Morgan fingerprint density at radius 1 is 1.79 bits per heavy atom. The van der Waals surface area contributed by atoms with E-state index < -0.39 is 23.7 Å². The van der Waals surface area contributed by atoms with E-state index in [2.05, 4.69) is 10.3 Å². The number of nitrogens with two attached hydrogens (primary N) is 1. The molecule has 9 heteroatoms. The number of rotatable bonds is 3. The third-order valence-electron chi connectivity index (χ3n) is 3.13. The Balaban J connectivity index is 2.49. The lowest BCUT2D eigenvalue weighted by Gasteiger charge is -2.30. The van der Waals surface area contributed by atoms with Crippen LogP contribution in [0.25, 0.3) is 0 Å². The summed E-state index contributed by atoms with van der Waals surface area (Å²) in [7, 11) is 1.60. The van der Waals surface area contributed by atoms with Crippen LogP contribution < -0.4 is 16.7 Å². The minimum Gasteiger partial charge on any atom is -0.394 e. The lowest BCUT2D eigenvalue weighted by atomic mass is 10.1. The van der Waals surface area contributed by atoms with E-state index in [0.29, 0.717) is 3.57 Å². The third-order valence-corrected chi connectivity index (χ3v) is 3.96. The molecule has 0 amide bonds. The number of hydrogen-bond donors (Lipinski definition) is 4. The van der Waals surface area contributed by atoms with E-state index in [1.54, 1.807) is 7.05 Å². The maximum absolute atomic E-state index is 11.9. The molecule has 0 aromatic carbocycles. The van der Waals surface area contributed by atoms with Gasteiger partial charge in [-0.2, -0.15) is 4.98 Å². The normalized spacial score (nSPS) is 30.7. The van der Waals surface area contributed by atoms with Crippen LogP contribution in [0.4, 0.5) is 5.82 Å². The fraction of sp³-hybridized carbons (Fsp3) is 0.600. The zero-order chi connectivity index (χ0) is 14.2. The maximum Gasteiger partial charge on any atom is 0.352 e. The van der Waals surface area contributed by atoms with Crippen molar-refractivity contribution in [1.29, 1.82) is 0 Å². The van der Waals surface area contributed by atoms with Crippen LogP contribution in [0.3, 0.4) is 0 Å². The van der Waals surface area contributed by atoms with Gasteiger partial charge < -0.3 is 20.7 Å². The van der Waals surface area contributed by atoms with Gasteiger partial charge in [-0.1, -0.05) is 0 Å². The van der Waals surface area contributed by atoms with E-state index >= 15 is 0 Å². The van der Waals surface area contributed by atoms with Gasteiger partial charge in [-0.15, -0.1) is 0 Å². The zero-order valence-electron chi connectivity index (χ0n) is 10.2. The molecule has 3 atom stereocenters. The summed E-state index contributed by atoms with van der Waals surface area (Å²) >= 11 is 1.95. The molecule has 5 N–H and O–H groups in total. The number of anilines is 1. The third kappa shape index (κ3) is 2.48. The Kier molecular flexibility index (Phi) is 4.11. The van der Waals surface area contributed by atoms with Crippen molar-refractivity contribution in [1.82, 2.24) is 14.9 Å². The van der Waals surface area contributed by atoms with Crippen molar-refractivity contribution < 1.29 is 14.9 Å². The SMILES string of the molecule is CN[C@]1(n2cc(I)c(N)nc2=O)C[C@H](O)[C@@H](CO)O1. The van der Waals surface area contributed by atoms with Crippen molar-refractivity contribution in [3.05, 3.63) is 20.3 Å². The predicted molar refractivity (Wildman–Crippen MR) is 75.2 cm³/mol. The first-order chi connectivity index (χ1) is 8.93. The topological polar surface area (TPSA) is 123 Å². The largest absolute Gasteiger partial charge is 0.394 e. The van der Waals surface area contributed by atoms with E-state index in [0.717, 1.165) is 0 Å². The number of ether oxygens (including phenoxy) is 1. The molecule has 2 rings (SSSR count). The van der Waals surface area contributed by atoms with Gasteiger partial charge in [-0.05, 0) is 29.6 Å². The highest BCUT2D eigenvalue weighted by atomic mass is 127. The Morgan fingerprint density at radius 3 is 3.00 bits per heavy atom. The monoisotopic (exact) mass is 382 g/mol. The molecule has 1 aromatic rings. The Labute approximate surface area is 122 Å². The highest BCUT2D eigenvalue weighted by molar-refractivity contribution is 14.1. The van der Waals surface area contributed by atoms with Gasteiger partial charge in [0.25, 0.3) is 0 Å². The first-order valence-corrected chi connectivity index (χ1v) is 6.72. The Hall–Kier alpha value is -0.750. The van der Waals surface area contributed by atoms with Gasteiger partial charge >= 0.3 is 5.69 Å². The molecular formula is C10H15IN4O4. The second-order valence-corrected chi connectivity index (χ2v) is 5.43. The number of nitrogens with zero attached hydrogens (tertiary/aromatic N) is 2. The number of aromatic nitrogens is 2. The standard InChI is InChI=1S/C10H15IN4O4/c1-13-10(2-6(17)7(4-16)19-10)15-3-5(11)8(12)14-9(15)18/h3,6-7,13,16-17H,2,4H2,1H3,(H2,12,14,18)/t6-,7+,10-/m0/s1. The highest BCUT2D eigenvalue weighted by Gasteiger charge is 2.47. The molecule has 1 aliphatic rings. The van der Waals surface area contributed by atoms with E-state index in [1.807, 2.05) is 22.6 Å². The van der Waals surface area contributed by atoms with Crippen LogP contribution in [0.2, 0.25) is 0 Å². The number of aliphatic hydroxyl groups excluding tert-OH is 2. The fourth-order valence-electron chi connectivity index (χ4n) is 2.09. The lowest BCUT2D eigenvalue weighted by Crippen LogP contribution is -2.51. The van der Waals surface area contributed by atoms with Crippen LogP contribution in [-0.2, 0) is 10.6 Å². The van der Waals surface area contributed by atoms with Crippen molar-refractivity contribution in [2.75, 3.05) is 19.4 Å². The summed E-state index contributed by atoms with van der Waals surface area (Å²) in [4.78, 5) is 15.6. The molecule has 1 saturated heterocycles. The average Bonchev–Trinajstić information content (AvgIpc) is 2.71. The summed E-state index contributed by atoms with van der Waals surface area (Å²) in [6.45, 7) is -0.334. The maximum atomic E-state index is 11.9. The van der Waals surface area contributed by atoms with Gasteiger partial charge in [-0.25, -0.2) is 4.79 Å². The molecule has 0 unspecified atom stereocenters. The van der Waals surface area contributed by atoms with Crippen LogP contribution >= 0.6 is 22.6 Å². The van der Waals surface area contributed by atoms with Gasteiger partial charge in [-0.3, -0.25) is 9.88 Å². The summed E-state index contributed by atoms with van der Waals surface area (Å²) in [5, 5.41) is 21.8. The minimum atomic E-state index is -1.23. The number of hydrogen-bond acceptors (Lipinski definition) is 7. The van der Waals surface area contributed by atoms with E-state index in [4.69, 9.17) is 15.6 Å². The second kappa shape index (κ2) is 5.32. The van der Waals surface area contributed by atoms with Crippen LogP contribution in [0, 0.1) is 3.57 Å². The Morgan fingerprint density at radius 2 is 2.47 bits per heavy atom. The number of halogens is 1. The number of nitrogen functional groups attached to an aromatic ring is 1. The molecule has 1 fully saturated rings. The lowest BCUT2D eigenvalue weighted by molar-refractivity contribution is -0.136. The molecule has 0 bridgehead atoms.